The van der Waals surface area contributed by atoms with Crippen LogP contribution in [-0.4, -0.2) is 58.0 Å². The number of amides is 2. The molecular weight excluding hydrogens is 486 g/mol. The third kappa shape index (κ3) is 7.32. The summed E-state index contributed by atoms with van der Waals surface area (Å²) in [4.78, 5) is 51.3. The summed E-state index contributed by atoms with van der Waals surface area (Å²) in [6.07, 6.45) is 4.13. The minimum Gasteiger partial charge on any atom is -0.484 e. The van der Waals surface area contributed by atoms with Gasteiger partial charge in [-0.2, -0.15) is 0 Å². The predicted molar refractivity (Wildman–Crippen MR) is 145 cm³/mol. The van der Waals surface area contributed by atoms with Gasteiger partial charge in [0.2, 0.25) is 5.91 Å². The van der Waals surface area contributed by atoms with E-state index in [0.29, 0.717) is 22.4 Å². The first-order valence-electron chi connectivity index (χ1n) is 12.2. The molecule has 3 aromatic rings. The molecule has 2 amide bonds. The van der Waals surface area contributed by atoms with Gasteiger partial charge in [-0.3, -0.25) is 19.0 Å². The fourth-order valence-corrected chi connectivity index (χ4v) is 3.73. The van der Waals surface area contributed by atoms with Crippen LogP contribution in [-0.2, 0) is 14.3 Å². The number of rotatable bonds is 9. The Kier molecular flexibility index (Phi) is 8.72. The van der Waals surface area contributed by atoms with Crippen LogP contribution in [0.2, 0.25) is 0 Å². The molecule has 0 aliphatic heterocycles. The number of carbonyl (C=O) groups excluding carboxylic acids is 4. The van der Waals surface area contributed by atoms with E-state index >= 15 is 0 Å². The van der Waals surface area contributed by atoms with Gasteiger partial charge in [0, 0.05) is 34.8 Å². The summed E-state index contributed by atoms with van der Waals surface area (Å²) in [5.74, 6) is -0.937. The number of aromatic nitrogens is 1. The molecular formula is C29H33N3O6. The summed E-state index contributed by atoms with van der Waals surface area (Å²) in [6.45, 7) is 8.56. The molecule has 9 heteroatoms. The van der Waals surface area contributed by atoms with Gasteiger partial charge in [-0.25, -0.2) is 4.79 Å². The van der Waals surface area contributed by atoms with E-state index in [4.69, 9.17) is 15.2 Å². The van der Waals surface area contributed by atoms with Crippen molar-refractivity contribution in [2.24, 2.45) is 5.73 Å². The van der Waals surface area contributed by atoms with Gasteiger partial charge in [0.1, 0.15) is 11.4 Å². The van der Waals surface area contributed by atoms with E-state index in [-0.39, 0.29) is 30.9 Å². The smallest absolute Gasteiger partial charge is 0.419 e. The van der Waals surface area contributed by atoms with Gasteiger partial charge in [0.25, 0.3) is 5.91 Å². The Morgan fingerprint density at radius 2 is 1.76 bits per heavy atom. The van der Waals surface area contributed by atoms with Crippen molar-refractivity contribution in [3.8, 4) is 5.75 Å². The summed E-state index contributed by atoms with van der Waals surface area (Å²) < 4.78 is 12.2. The van der Waals surface area contributed by atoms with Crippen molar-refractivity contribution in [2.45, 2.75) is 46.3 Å². The Morgan fingerprint density at radius 3 is 2.42 bits per heavy atom. The lowest BCUT2D eigenvalue weighted by molar-refractivity contribution is -0.127. The number of nitrogens with two attached hydrogens (primary N) is 1. The van der Waals surface area contributed by atoms with E-state index in [1.54, 1.807) is 57.3 Å². The molecule has 0 aliphatic carbocycles. The number of hydrogen-bond donors (Lipinski definition) is 1. The van der Waals surface area contributed by atoms with E-state index < -0.39 is 17.6 Å². The van der Waals surface area contributed by atoms with Crippen LogP contribution in [0.4, 0.5) is 4.79 Å². The van der Waals surface area contributed by atoms with Crippen molar-refractivity contribution < 1.29 is 28.7 Å². The number of fused-ring (bicyclic) bond motifs is 1. The van der Waals surface area contributed by atoms with Crippen LogP contribution in [0.3, 0.4) is 0 Å². The molecule has 2 N–H and O–H groups in total. The van der Waals surface area contributed by atoms with E-state index in [2.05, 4.69) is 0 Å². The van der Waals surface area contributed by atoms with Crippen LogP contribution in [0.15, 0.2) is 60.8 Å². The summed E-state index contributed by atoms with van der Waals surface area (Å²) >= 11 is 0. The normalized spacial score (nSPS) is 11.6. The van der Waals surface area contributed by atoms with Crippen LogP contribution in [0.25, 0.3) is 17.0 Å². The molecule has 0 atom stereocenters. The van der Waals surface area contributed by atoms with Crippen LogP contribution in [0.1, 0.15) is 50.5 Å². The van der Waals surface area contributed by atoms with Crippen LogP contribution in [0.5, 0.6) is 5.75 Å². The number of hydrogen-bond acceptors (Lipinski definition) is 6. The van der Waals surface area contributed by atoms with Gasteiger partial charge in [-0.05, 0) is 58.9 Å². The lowest BCUT2D eigenvalue weighted by Gasteiger charge is -2.24. The maximum Gasteiger partial charge on any atom is 0.419 e. The molecule has 1 heterocycles. The third-order valence-electron chi connectivity index (χ3n) is 5.50. The second-order valence-corrected chi connectivity index (χ2v) is 10.1. The van der Waals surface area contributed by atoms with Crippen LogP contribution >= 0.6 is 0 Å². The van der Waals surface area contributed by atoms with Crippen molar-refractivity contribution in [1.82, 2.24) is 9.47 Å². The van der Waals surface area contributed by atoms with Gasteiger partial charge in [0.15, 0.2) is 12.4 Å². The maximum absolute atomic E-state index is 13.1. The summed E-state index contributed by atoms with van der Waals surface area (Å²) in [7, 11) is 0. The zero-order valence-corrected chi connectivity index (χ0v) is 22.3. The second kappa shape index (κ2) is 11.8. The molecule has 0 aliphatic rings. The Balaban J connectivity index is 1.80. The van der Waals surface area contributed by atoms with Crippen molar-refractivity contribution >= 4 is 40.7 Å². The molecule has 0 saturated carbocycles. The van der Waals surface area contributed by atoms with E-state index in [9.17, 15) is 19.2 Å². The van der Waals surface area contributed by atoms with Gasteiger partial charge in [-0.1, -0.05) is 30.3 Å². The molecule has 200 valence electrons. The number of nitrogens with zero attached hydrogens (tertiary/aromatic N) is 2. The average Bonchev–Trinajstić information content (AvgIpc) is 3.22. The predicted octanol–water partition coefficient (Wildman–Crippen LogP) is 4.42. The Bertz CT molecular complexity index is 1380. The number of ether oxygens (including phenoxy) is 2. The fourth-order valence-electron chi connectivity index (χ4n) is 3.73. The SMILES string of the molecule is CC(C)N(CC(=O)c1cccc(OCC(N)=O)c1)C(=O)/C=C/c1cn(C(=O)OC(C)(C)C)c2ccccc12. The van der Waals surface area contributed by atoms with Gasteiger partial charge in [-0.15, -0.1) is 0 Å². The minimum absolute atomic E-state index is 0.153. The average molecular weight is 520 g/mol. The first-order valence-corrected chi connectivity index (χ1v) is 12.2. The fraction of sp³-hybridized carbons (Fsp3) is 0.310. The molecule has 2 aromatic carbocycles. The quantitative estimate of drug-likeness (QED) is 0.330. The molecule has 38 heavy (non-hydrogen) atoms. The largest absolute Gasteiger partial charge is 0.484 e. The number of para-hydroxylation sites is 1. The number of Topliss-reactive ketones (excluding diaryl/α,β-unsaturated/α-hetero) is 1. The van der Waals surface area contributed by atoms with Crippen LogP contribution < -0.4 is 10.5 Å². The zero-order valence-electron chi connectivity index (χ0n) is 22.3. The first-order chi connectivity index (χ1) is 17.9. The van der Waals surface area contributed by atoms with Crippen molar-refractivity contribution in [1.29, 1.82) is 0 Å². The highest BCUT2D eigenvalue weighted by Gasteiger charge is 2.22. The lowest BCUT2D eigenvalue weighted by Crippen LogP contribution is -2.39. The lowest BCUT2D eigenvalue weighted by atomic mass is 10.1. The van der Waals surface area contributed by atoms with E-state index in [0.717, 1.165) is 5.39 Å². The molecule has 0 saturated heterocycles. The molecule has 0 unspecified atom stereocenters. The summed E-state index contributed by atoms with van der Waals surface area (Å²) in [6, 6.07) is 13.4. The van der Waals surface area contributed by atoms with Crippen LogP contribution in [0, 0.1) is 0 Å². The summed E-state index contributed by atoms with van der Waals surface area (Å²) in [5.41, 5.74) is 6.11. The Morgan fingerprint density at radius 1 is 1.05 bits per heavy atom. The van der Waals surface area contributed by atoms with Crippen molar-refractivity contribution in [3.05, 3.63) is 71.9 Å². The molecule has 0 bridgehead atoms. The van der Waals surface area contributed by atoms with Crippen molar-refractivity contribution in [3.63, 3.8) is 0 Å². The van der Waals surface area contributed by atoms with Gasteiger partial charge < -0.3 is 20.1 Å². The number of carbonyl (C=O) groups is 4. The standard InChI is InChI=1S/C29H33N3O6/c1-19(2)31(17-25(33)20-9-8-10-22(15-20)37-18-26(30)34)27(35)14-13-21-16-32(28(36)38-29(3,4)5)24-12-7-6-11-23(21)24/h6-16,19H,17-18H2,1-5H3,(H2,30,34)/b14-13+. The summed E-state index contributed by atoms with van der Waals surface area (Å²) in [5, 5.41) is 0.780. The molecule has 9 nitrogen and oxygen atoms in total. The Labute approximate surface area is 221 Å². The molecule has 3 rings (SSSR count). The third-order valence-corrected chi connectivity index (χ3v) is 5.50. The number of ketones is 1. The van der Waals surface area contributed by atoms with E-state index in [1.165, 1.54) is 21.6 Å². The molecule has 0 spiro atoms. The molecule has 0 radical (unpaired) electrons. The van der Waals surface area contributed by atoms with Crippen molar-refractivity contribution in [2.75, 3.05) is 13.2 Å². The highest BCUT2D eigenvalue weighted by Crippen LogP contribution is 2.24. The van der Waals surface area contributed by atoms with Gasteiger partial charge >= 0.3 is 6.09 Å². The zero-order chi connectivity index (χ0) is 28.0. The molecule has 0 fully saturated rings. The highest BCUT2D eigenvalue weighted by molar-refractivity contribution is 6.03. The second-order valence-electron chi connectivity index (χ2n) is 10.1. The monoisotopic (exact) mass is 519 g/mol. The number of benzene rings is 2. The van der Waals surface area contributed by atoms with E-state index in [1.807, 2.05) is 32.0 Å². The Hall–Kier alpha value is -4.40. The molecule has 1 aromatic heterocycles. The highest BCUT2D eigenvalue weighted by atomic mass is 16.6. The van der Waals surface area contributed by atoms with Gasteiger partial charge in [0.05, 0.1) is 12.1 Å². The maximum atomic E-state index is 13.1. The topological polar surface area (TPSA) is 121 Å². The first kappa shape index (κ1) is 28.2. The minimum atomic E-state index is -0.661. The number of primary amides is 1.